The summed E-state index contributed by atoms with van der Waals surface area (Å²) in [7, 11) is 0. The van der Waals surface area contributed by atoms with Crippen LogP contribution in [0.1, 0.15) is 0 Å². The second-order valence-electron chi connectivity index (χ2n) is 7.07. The van der Waals surface area contributed by atoms with Crippen molar-refractivity contribution in [1.29, 1.82) is 0 Å². The first-order valence-corrected chi connectivity index (χ1v) is 26.7. The first kappa shape index (κ1) is 15.4. The van der Waals surface area contributed by atoms with E-state index in [-0.39, 0.29) is 0 Å². The summed E-state index contributed by atoms with van der Waals surface area (Å²) in [6, 6.07) is 4.39. The van der Waals surface area contributed by atoms with Gasteiger partial charge in [0, 0.05) is 0 Å². The van der Waals surface area contributed by atoms with Gasteiger partial charge >= 0.3 is 125 Å². The molecule has 0 spiro atoms. The number of hydrogen-bond acceptors (Lipinski definition) is 2. The third-order valence-electron chi connectivity index (χ3n) is 3.24. The number of aromatic nitrogens is 4. The van der Waals surface area contributed by atoms with E-state index in [1.807, 2.05) is 12.4 Å². The van der Waals surface area contributed by atoms with Crippen LogP contribution in [0.5, 0.6) is 0 Å². The van der Waals surface area contributed by atoms with Crippen LogP contribution in [0, 0.1) is 0 Å². The van der Waals surface area contributed by atoms with Crippen LogP contribution in [-0.2, 0) is 6.67 Å². The Hall–Kier alpha value is 0.0174. The molecule has 0 atom stereocenters. The van der Waals surface area contributed by atoms with Gasteiger partial charge in [-0.1, -0.05) is 0 Å². The average Bonchev–Trinajstić information content (AvgIpc) is 2.83. The van der Waals surface area contributed by atoms with E-state index in [4.69, 9.17) is 0 Å². The molecule has 0 radical (unpaired) electrons. The fourth-order valence-corrected chi connectivity index (χ4v) is 10.7. The maximum absolute atomic E-state index is 4.51. The molecule has 0 bridgehead atoms. The van der Waals surface area contributed by atoms with Gasteiger partial charge in [0.15, 0.2) is 0 Å². The van der Waals surface area contributed by atoms with Gasteiger partial charge in [0.25, 0.3) is 0 Å². The van der Waals surface area contributed by atoms with Crippen LogP contribution >= 0.6 is 0 Å². The molecular weight excluding hydrogens is 450 g/mol. The molecule has 0 fully saturated rings. The first-order valence-electron chi connectivity index (χ1n) is 6.74. The average molecular weight is 474 g/mol. The van der Waals surface area contributed by atoms with Crippen LogP contribution in [0.25, 0.3) is 0 Å². The van der Waals surface area contributed by atoms with E-state index in [9.17, 15) is 0 Å². The second kappa shape index (κ2) is 5.42. The van der Waals surface area contributed by atoms with Gasteiger partial charge in [-0.25, -0.2) is 0 Å². The molecule has 0 saturated heterocycles. The summed E-state index contributed by atoms with van der Waals surface area (Å²) in [5.41, 5.74) is 0. The van der Waals surface area contributed by atoms with E-state index in [0.717, 1.165) is 6.67 Å². The van der Waals surface area contributed by atoms with Gasteiger partial charge < -0.3 is 0 Å². The predicted molar refractivity (Wildman–Crippen MR) is 85.8 cm³/mol. The van der Waals surface area contributed by atoms with E-state index < -0.39 is 36.8 Å². The zero-order valence-corrected chi connectivity index (χ0v) is 18.5. The van der Waals surface area contributed by atoms with Crippen LogP contribution in [-0.4, -0.2) is 56.3 Å². The van der Waals surface area contributed by atoms with Gasteiger partial charge in [-0.05, 0) is 0 Å². The Balaban J connectivity index is 2.33. The van der Waals surface area contributed by atoms with Gasteiger partial charge in [0.2, 0.25) is 0 Å². The zero-order valence-electron chi connectivity index (χ0n) is 12.8. The van der Waals surface area contributed by atoms with Crippen molar-refractivity contribution < 1.29 is 0 Å². The van der Waals surface area contributed by atoms with E-state index in [1.54, 1.807) is 0 Å². The van der Waals surface area contributed by atoms with Crippen LogP contribution in [0.4, 0.5) is 0 Å². The number of rotatable bonds is 4. The minimum absolute atomic E-state index is 0.771. The Bertz CT molecular complexity index is 507. The molecule has 19 heavy (non-hydrogen) atoms. The quantitative estimate of drug-likeness (QED) is 0.634. The summed E-state index contributed by atoms with van der Waals surface area (Å²) in [5, 5.41) is 9.02. The third kappa shape index (κ3) is 3.56. The van der Waals surface area contributed by atoms with Gasteiger partial charge in [0.05, 0.1) is 0 Å². The first-order chi connectivity index (χ1) is 8.69. The minimum atomic E-state index is -2.09. The molecule has 0 aromatic carbocycles. The molecule has 2 aromatic heterocycles. The fourth-order valence-electron chi connectivity index (χ4n) is 2.29. The zero-order chi connectivity index (χ0) is 14.3. The van der Waals surface area contributed by atoms with E-state index in [1.165, 1.54) is 7.42 Å². The van der Waals surface area contributed by atoms with Crippen molar-refractivity contribution in [3.63, 3.8) is 0 Å². The standard InChI is InChI=1S/C7H6N4.6CH3.2Sn/c1-3-8-10(5-1)7-11-6-2-4-9-11;;;;;;;;/h1-4H,7H2;6*1H3;;. The van der Waals surface area contributed by atoms with Crippen molar-refractivity contribution in [1.82, 2.24) is 19.6 Å². The van der Waals surface area contributed by atoms with Crippen LogP contribution in [0.2, 0.25) is 29.6 Å². The summed E-state index contributed by atoms with van der Waals surface area (Å²) in [6.07, 6.45) is 3.86. The molecule has 6 heteroatoms. The molecule has 0 aliphatic rings. The van der Waals surface area contributed by atoms with Crippen molar-refractivity contribution in [3.8, 4) is 0 Å². The Morgan fingerprint density at radius 3 is 1.47 bits per heavy atom. The van der Waals surface area contributed by atoms with Gasteiger partial charge in [-0.2, -0.15) is 0 Å². The van der Waals surface area contributed by atoms with Crippen molar-refractivity contribution in [2.24, 2.45) is 0 Å². The van der Waals surface area contributed by atoms with Crippen molar-refractivity contribution in [2.45, 2.75) is 36.3 Å². The van der Waals surface area contributed by atoms with Gasteiger partial charge in [-0.3, -0.25) is 0 Å². The van der Waals surface area contributed by atoms with Crippen molar-refractivity contribution >= 4 is 44.2 Å². The summed E-state index contributed by atoms with van der Waals surface area (Å²) < 4.78 is 7.23. The summed E-state index contributed by atoms with van der Waals surface area (Å²) in [4.78, 5) is 14.6. The Labute approximate surface area is 123 Å². The second-order valence-corrected chi connectivity index (χ2v) is 35.7. The number of nitrogens with zero attached hydrogens (tertiary/aromatic N) is 4. The van der Waals surface area contributed by atoms with E-state index in [0.29, 0.717) is 0 Å². The van der Waals surface area contributed by atoms with Crippen LogP contribution < -0.4 is 7.42 Å². The van der Waals surface area contributed by atoms with Crippen LogP contribution in [0.3, 0.4) is 0 Å². The monoisotopic (exact) mass is 476 g/mol. The molecule has 2 heterocycles. The molecule has 0 unspecified atom stereocenters. The fraction of sp³-hybridized carbons (Fsp3) is 0.538. The van der Waals surface area contributed by atoms with Crippen LogP contribution in [0.15, 0.2) is 24.5 Å². The molecule has 0 aliphatic heterocycles. The SMILES string of the molecule is [CH3][Sn]([CH3])([CH3])[c]1ccnn1Cn1ncc[c]1[Sn]([CH3])([CH3])[CH3]. The molecule has 2 rings (SSSR count). The molecule has 0 amide bonds. The Morgan fingerprint density at radius 1 is 0.789 bits per heavy atom. The maximum atomic E-state index is 4.51. The topological polar surface area (TPSA) is 35.6 Å². The van der Waals surface area contributed by atoms with E-state index >= 15 is 0 Å². The molecular formula is C13H24N4Sn2. The molecule has 0 saturated carbocycles. The predicted octanol–water partition coefficient (Wildman–Crippen LogP) is 1.68. The summed E-state index contributed by atoms with van der Waals surface area (Å²) in [5.74, 6) is 0. The third-order valence-corrected chi connectivity index (χ3v) is 14.4. The molecule has 104 valence electrons. The molecule has 0 N–H and O–H groups in total. The Morgan fingerprint density at radius 2 is 1.16 bits per heavy atom. The molecule has 4 nitrogen and oxygen atoms in total. The normalized spacial score (nSPS) is 12.9. The van der Waals surface area contributed by atoms with Gasteiger partial charge in [0.1, 0.15) is 0 Å². The summed E-state index contributed by atoms with van der Waals surface area (Å²) >= 11 is -4.18. The molecule has 0 aliphatic carbocycles. The van der Waals surface area contributed by atoms with E-state index in [2.05, 4.69) is 61.3 Å². The molecule has 2 aromatic rings. The Kier molecular flexibility index (Phi) is 4.40. The van der Waals surface area contributed by atoms with Gasteiger partial charge in [-0.15, -0.1) is 0 Å². The van der Waals surface area contributed by atoms with Crippen molar-refractivity contribution in [3.05, 3.63) is 24.5 Å². The number of hydrogen-bond donors (Lipinski definition) is 0. The summed E-state index contributed by atoms with van der Waals surface area (Å²) in [6.45, 7) is 0.771. The van der Waals surface area contributed by atoms with Crippen molar-refractivity contribution in [2.75, 3.05) is 0 Å².